The molecule has 1 aromatic carbocycles. The first kappa shape index (κ1) is 25.3. The normalized spacial score (nSPS) is 19.0. The Morgan fingerprint density at radius 2 is 1.97 bits per heavy atom. The van der Waals surface area contributed by atoms with Gasteiger partial charge in [-0.15, -0.1) is 0 Å². The second kappa shape index (κ2) is 9.69. The zero-order chi connectivity index (χ0) is 25.4. The second-order valence-electron chi connectivity index (χ2n) is 9.20. The molecule has 0 saturated carbocycles. The van der Waals surface area contributed by atoms with Crippen molar-refractivity contribution >= 4 is 38.0 Å². The lowest BCUT2D eigenvalue weighted by Gasteiger charge is -2.39. The standard InChI is InChI=1S/C22H26F3N5O4S/c1-14(27-34-2)3-7-28-8-4-21(13-28)5-9-29(10-6-21)20-26-19(31)16-11-15(22(23,24)25)12-17(30(32)33)18(16)35-20/h11-12H,3-10,13H2,1-2H3/b27-14-. The molecule has 2 aliphatic rings. The van der Waals surface area contributed by atoms with Crippen LogP contribution in [-0.2, 0) is 11.0 Å². The molecule has 1 aromatic heterocycles. The van der Waals surface area contributed by atoms with Crippen molar-refractivity contribution in [2.24, 2.45) is 10.6 Å². The summed E-state index contributed by atoms with van der Waals surface area (Å²) in [5.74, 6) is 0. The molecule has 3 heterocycles. The highest BCUT2D eigenvalue weighted by molar-refractivity contribution is 7.22. The van der Waals surface area contributed by atoms with Gasteiger partial charge in [0.05, 0.1) is 21.6 Å². The van der Waals surface area contributed by atoms with Gasteiger partial charge in [-0.2, -0.15) is 18.2 Å². The van der Waals surface area contributed by atoms with Crippen molar-refractivity contribution in [3.05, 3.63) is 38.2 Å². The summed E-state index contributed by atoms with van der Waals surface area (Å²) < 4.78 is 39.5. The van der Waals surface area contributed by atoms with E-state index in [0.29, 0.717) is 30.4 Å². The van der Waals surface area contributed by atoms with Crippen LogP contribution in [0.5, 0.6) is 0 Å². The Labute approximate surface area is 203 Å². The number of oxime groups is 1. The number of piperidine rings is 1. The molecule has 2 aromatic rings. The summed E-state index contributed by atoms with van der Waals surface area (Å²) >= 11 is 0.900. The van der Waals surface area contributed by atoms with Crippen LogP contribution in [0.2, 0.25) is 0 Å². The van der Waals surface area contributed by atoms with E-state index in [1.807, 2.05) is 11.8 Å². The Hall–Kier alpha value is -2.80. The van der Waals surface area contributed by atoms with Crippen molar-refractivity contribution in [1.82, 2.24) is 9.88 Å². The van der Waals surface area contributed by atoms with Gasteiger partial charge in [0, 0.05) is 38.7 Å². The lowest BCUT2D eigenvalue weighted by Crippen LogP contribution is -2.42. The smallest absolute Gasteiger partial charge is 0.399 e. The van der Waals surface area contributed by atoms with Gasteiger partial charge in [-0.25, -0.2) is 0 Å². The minimum absolute atomic E-state index is 0.0848. The largest absolute Gasteiger partial charge is 0.416 e. The number of rotatable bonds is 6. The Balaban J connectivity index is 1.51. The summed E-state index contributed by atoms with van der Waals surface area (Å²) in [5, 5.41) is 15.4. The van der Waals surface area contributed by atoms with Crippen LogP contribution in [-0.4, -0.2) is 60.4 Å². The van der Waals surface area contributed by atoms with Gasteiger partial charge in [0.1, 0.15) is 11.8 Å². The quantitative estimate of drug-likeness (QED) is 0.323. The average Bonchev–Trinajstić information content (AvgIpc) is 3.19. The van der Waals surface area contributed by atoms with Crippen molar-refractivity contribution < 1.29 is 22.9 Å². The number of likely N-dealkylation sites (tertiary alicyclic amines) is 1. The molecule has 1 spiro atoms. The van der Waals surface area contributed by atoms with Crippen molar-refractivity contribution in [1.29, 1.82) is 0 Å². The molecule has 2 fully saturated rings. The molecule has 190 valence electrons. The number of fused-ring (bicyclic) bond motifs is 1. The predicted octanol–water partition coefficient (Wildman–Crippen LogP) is 4.29. The summed E-state index contributed by atoms with van der Waals surface area (Å²) in [6.07, 6.45) is -1.15. The number of benzene rings is 1. The van der Waals surface area contributed by atoms with E-state index in [9.17, 15) is 28.1 Å². The van der Waals surface area contributed by atoms with E-state index in [0.717, 1.165) is 62.4 Å². The fraction of sp³-hybridized carbons (Fsp3) is 0.591. The molecule has 13 heteroatoms. The maximum Gasteiger partial charge on any atom is 0.416 e. The lowest BCUT2D eigenvalue weighted by molar-refractivity contribution is -0.383. The Morgan fingerprint density at radius 1 is 1.29 bits per heavy atom. The van der Waals surface area contributed by atoms with Crippen molar-refractivity contribution in [3.8, 4) is 0 Å². The third-order valence-corrected chi connectivity index (χ3v) is 8.03. The third kappa shape index (κ3) is 5.40. The fourth-order valence-corrected chi connectivity index (χ4v) is 6.01. The molecule has 0 bridgehead atoms. The topological polar surface area (TPSA) is 101 Å². The van der Waals surface area contributed by atoms with Crippen LogP contribution in [0.4, 0.5) is 24.0 Å². The number of nitro groups is 1. The number of hydrogen-bond donors (Lipinski definition) is 0. The molecular formula is C22H26F3N5O4S. The zero-order valence-corrected chi connectivity index (χ0v) is 20.2. The van der Waals surface area contributed by atoms with Gasteiger partial charge >= 0.3 is 6.18 Å². The SMILES string of the molecule is CO/N=C(/C)CCN1CCC2(CCN(c3nc(=O)c4cc(C(F)(F)F)cc([N+](=O)[O-])c4s3)CC2)C1. The first-order valence-corrected chi connectivity index (χ1v) is 12.1. The van der Waals surface area contributed by atoms with Crippen LogP contribution in [0.3, 0.4) is 0 Å². The number of alkyl halides is 3. The molecule has 0 amide bonds. The van der Waals surface area contributed by atoms with E-state index in [2.05, 4.69) is 15.0 Å². The molecule has 0 atom stereocenters. The van der Waals surface area contributed by atoms with Crippen LogP contribution in [0.1, 0.15) is 38.2 Å². The molecule has 9 nitrogen and oxygen atoms in total. The Morgan fingerprint density at radius 3 is 2.60 bits per heavy atom. The Kier molecular flexibility index (Phi) is 7.00. The molecule has 0 radical (unpaired) electrons. The van der Waals surface area contributed by atoms with Gasteiger partial charge in [-0.1, -0.05) is 16.5 Å². The average molecular weight is 514 g/mol. The van der Waals surface area contributed by atoms with Crippen LogP contribution in [0, 0.1) is 15.5 Å². The van der Waals surface area contributed by atoms with Crippen LogP contribution < -0.4 is 10.5 Å². The number of aromatic nitrogens is 1. The summed E-state index contributed by atoms with van der Waals surface area (Å²) in [7, 11) is 1.53. The van der Waals surface area contributed by atoms with Gasteiger partial charge in [0.2, 0.25) is 0 Å². The number of anilines is 1. The second-order valence-corrected chi connectivity index (χ2v) is 10.2. The highest BCUT2D eigenvalue weighted by Gasteiger charge is 2.41. The van der Waals surface area contributed by atoms with E-state index in [4.69, 9.17) is 4.84 Å². The minimum atomic E-state index is -4.81. The first-order chi connectivity index (χ1) is 16.5. The Bertz CT molecular complexity index is 1210. The fourth-order valence-electron chi connectivity index (χ4n) is 4.90. The number of hydrogen-bond acceptors (Lipinski definition) is 9. The first-order valence-electron chi connectivity index (χ1n) is 11.3. The van der Waals surface area contributed by atoms with E-state index >= 15 is 0 Å². The van der Waals surface area contributed by atoms with Gasteiger partial charge in [-0.3, -0.25) is 14.9 Å². The van der Waals surface area contributed by atoms with Crippen molar-refractivity contribution in [3.63, 3.8) is 0 Å². The van der Waals surface area contributed by atoms with Gasteiger partial charge in [-0.05, 0) is 44.2 Å². The van der Waals surface area contributed by atoms with Crippen LogP contribution >= 0.6 is 11.3 Å². The van der Waals surface area contributed by atoms with Gasteiger partial charge in [0.25, 0.3) is 11.2 Å². The molecule has 35 heavy (non-hydrogen) atoms. The third-order valence-electron chi connectivity index (χ3n) is 6.86. The van der Waals surface area contributed by atoms with Crippen LogP contribution in [0.25, 0.3) is 10.1 Å². The number of non-ortho nitro benzene ring substituents is 1. The minimum Gasteiger partial charge on any atom is -0.399 e. The molecule has 2 saturated heterocycles. The monoisotopic (exact) mass is 513 g/mol. The zero-order valence-electron chi connectivity index (χ0n) is 19.4. The maximum atomic E-state index is 13.2. The number of halogens is 3. The molecule has 4 rings (SSSR count). The number of nitro benzene ring substituents is 1. The van der Waals surface area contributed by atoms with Crippen LogP contribution in [0.15, 0.2) is 22.1 Å². The number of nitrogens with zero attached hydrogens (tertiary/aromatic N) is 5. The molecule has 2 aliphatic heterocycles. The highest BCUT2D eigenvalue weighted by Crippen LogP contribution is 2.43. The highest BCUT2D eigenvalue weighted by atomic mass is 32.1. The summed E-state index contributed by atoms with van der Waals surface area (Å²) in [4.78, 5) is 36.4. The summed E-state index contributed by atoms with van der Waals surface area (Å²) in [6.45, 7) is 6.05. The summed E-state index contributed by atoms with van der Waals surface area (Å²) in [5.41, 5.74) is -1.74. The lowest BCUT2D eigenvalue weighted by atomic mass is 9.78. The summed E-state index contributed by atoms with van der Waals surface area (Å²) in [6, 6.07) is 1.13. The van der Waals surface area contributed by atoms with E-state index in [-0.39, 0.29) is 15.5 Å². The van der Waals surface area contributed by atoms with Gasteiger partial charge < -0.3 is 14.6 Å². The van der Waals surface area contributed by atoms with E-state index < -0.39 is 27.9 Å². The van der Waals surface area contributed by atoms with E-state index in [1.165, 1.54) is 7.11 Å². The van der Waals surface area contributed by atoms with Crippen molar-refractivity contribution in [2.75, 3.05) is 44.7 Å². The molecule has 0 N–H and O–H groups in total. The van der Waals surface area contributed by atoms with Gasteiger partial charge in [0.15, 0.2) is 5.13 Å². The maximum absolute atomic E-state index is 13.2. The van der Waals surface area contributed by atoms with Crippen molar-refractivity contribution in [2.45, 2.75) is 38.8 Å². The molecule has 0 unspecified atom stereocenters. The predicted molar refractivity (Wildman–Crippen MR) is 127 cm³/mol. The molecule has 0 aliphatic carbocycles. The molecular weight excluding hydrogens is 487 g/mol. The van der Waals surface area contributed by atoms with E-state index in [1.54, 1.807) is 0 Å².